The smallest absolute Gasteiger partial charge is 0.325 e. The van der Waals surface area contributed by atoms with E-state index >= 15 is 0 Å². The molecule has 6 nitrogen and oxygen atoms in total. The van der Waals surface area contributed by atoms with Crippen molar-refractivity contribution in [2.75, 3.05) is 6.54 Å². The molecule has 0 atom stereocenters. The number of imide groups is 1. The van der Waals surface area contributed by atoms with Crippen molar-refractivity contribution in [3.8, 4) is 0 Å². The minimum atomic E-state index is -0.948. The van der Waals surface area contributed by atoms with Gasteiger partial charge in [-0.25, -0.2) is 4.79 Å². The van der Waals surface area contributed by atoms with E-state index in [4.69, 9.17) is 0 Å². The van der Waals surface area contributed by atoms with Crippen LogP contribution in [-0.2, 0) is 11.3 Å². The number of urea groups is 1. The molecular weight excluding hydrogens is 282 g/mol. The van der Waals surface area contributed by atoms with Crippen LogP contribution in [0.2, 0.25) is 0 Å². The quantitative estimate of drug-likeness (QED) is 0.668. The molecule has 3 amide bonds. The van der Waals surface area contributed by atoms with Gasteiger partial charge in [0.15, 0.2) is 5.78 Å². The molecule has 6 heteroatoms. The Morgan fingerprint density at radius 2 is 1.91 bits per heavy atom. The van der Waals surface area contributed by atoms with Crippen LogP contribution < -0.4 is 5.32 Å². The summed E-state index contributed by atoms with van der Waals surface area (Å²) in [5.74, 6) is -0.579. The van der Waals surface area contributed by atoms with E-state index in [2.05, 4.69) is 16.8 Å². The van der Waals surface area contributed by atoms with Crippen LogP contribution in [0.15, 0.2) is 6.07 Å². The van der Waals surface area contributed by atoms with Gasteiger partial charge < -0.3 is 9.88 Å². The second-order valence-electron chi connectivity index (χ2n) is 6.31. The lowest BCUT2D eigenvalue weighted by atomic mass is 10.1. The third-order valence-corrected chi connectivity index (χ3v) is 4.07. The van der Waals surface area contributed by atoms with E-state index in [9.17, 15) is 14.4 Å². The summed E-state index contributed by atoms with van der Waals surface area (Å²) in [6.07, 6.45) is 0.977. The molecular formula is C16H23N3O3. The van der Waals surface area contributed by atoms with Crippen molar-refractivity contribution in [2.45, 2.75) is 53.1 Å². The number of nitrogens with zero attached hydrogens (tertiary/aromatic N) is 2. The lowest BCUT2D eigenvalue weighted by molar-refractivity contribution is -0.129. The highest BCUT2D eigenvalue weighted by molar-refractivity contribution is 6.11. The highest BCUT2D eigenvalue weighted by Gasteiger charge is 2.45. The zero-order chi connectivity index (χ0) is 16.7. The van der Waals surface area contributed by atoms with Crippen molar-refractivity contribution in [3.05, 3.63) is 23.0 Å². The molecule has 0 spiro atoms. The van der Waals surface area contributed by atoms with Gasteiger partial charge in [-0.3, -0.25) is 14.5 Å². The van der Waals surface area contributed by atoms with Gasteiger partial charge in [0.05, 0.1) is 6.54 Å². The van der Waals surface area contributed by atoms with E-state index in [1.54, 1.807) is 13.8 Å². The molecule has 2 rings (SSSR count). The summed E-state index contributed by atoms with van der Waals surface area (Å²) in [5.41, 5.74) is 1.53. The highest BCUT2D eigenvalue weighted by atomic mass is 16.2. The van der Waals surface area contributed by atoms with E-state index in [0.29, 0.717) is 5.56 Å². The van der Waals surface area contributed by atoms with Crippen LogP contribution in [0.25, 0.3) is 0 Å². The van der Waals surface area contributed by atoms with E-state index in [1.807, 2.05) is 19.9 Å². The van der Waals surface area contributed by atoms with Crippen molar-refractivity contribution in [1.29, 1.82) is 0 Å². The normalized spacial score (nSPS) is 17.0. The molecule has 0 aliphatic carbocycles. The van der Waals surface area contributed by atoms with Gasteiger partial charge in [-0.15, -0.1) is 0 Å². The van der Waals surface area contributed by atoms with Crippen molar-refractivity contribution in [1.82, 2.24) is 14.8 Å². The molecule has 1 aliphatic rings. The Bertz CT molecular complexity index is 643. The second kappa shape index (κ2) is 5.59. The molecule has 2 heterocycles. The van der Waals surface area contributed by atoms with Gasteiger partial charge in [0.25, 0.3) is 5.91 Å². The molecule has 1 saturated heterocycles. The maximum atomic E-state index is 12.5. The fourth-order valence-corrected chi connectivity index (χ4v) is 2.84. The fourth-order valence-electron chi connectivity index (χ4n) is 2.84. The van der Waals surface area contributed by atoms with Crippen molar-refractivity contribution in [3.63, 3.8) is 0 Å². The minimum Gasteiger partial charge on any atom is -0.348 e. The summed E-state index contributed by atoms with van der Waals surface area (Å²) in [7, 11) is 0. The number of aryl methyl sites for hydroxylation is 1. The Hall–Kier alpha value is -2.11. The molecule has 0 bridgehead atoms. The zero-order valence-electron chi connectivity index (χ0n) is 13.8. The maximum absolute atomic E-state index is 12.5. The number of carbonyl (C=O) groups is 3. The molecule has 0 aromatic carbocycles. The number of nitrogens with one attached hydrogen (secondary N) is 1. The highest BCUT2D eigenvalue weighted by Crippen LogP contribution is 2.20. The summed E-state index contributed by atoms with van der Waals surface area (Å²) in [6.45, 7) is 9.82. The average molecular weight is 305 g/mol. The van der Waals surface area contributed by atoms with Crippen molar-refractivity contribution < 1.29 is 14.4 Å². The van der Waals surface area contributed by atoms with Crippen LogP contribution in [0.5, 0.6) is 0 Å². The summed E-state index contributed by atoms with van der Waals surface area (Å²) < 4.78 is 2.09. The largest absolute Gasteiger partial charge is 0.348 e. The zero-order valence-corrected chi connectivity index (χ0v) is 13.8. The third-order valence-electron chi connectivity index (χ3n) is 4.07. The molecule has 120 valence electrons. The number of Topliss-reactive ketones (excluding diaryl/α,β-unsaturated/α-hetero) is 1. The number of aromatic nitrogens is 1. The second-order valence-corrected chi connectivity index (χ2v) is 6.31. The van der Waals surface area contributed by atoms with Gasteiger partial charge in [0, 0.05) is 23.5 Å². The molecule has 0 saturated carbocycles. The lowest BCUT2D eigenvalue weighted by Crippen LogP contribution is -2.41. The van der Waals surface area contributed by atoms with Gasteiger partial charge >= 0.3 is 6.03 Å². The molecule has 22 heavy (non-hydrogen) atoms. The average Bonchev–Trinajstić information content (AvgIpc) is 2.80. The number of carbonyl (C=O) groups excluding carboxylic acids is 3. The van der Waals surface area contributed by atoms with E-state index in [-0.39, 0.29) is 18.2 Å². The topological polar surface area (TPSA) is 71.4 Å². The Morgan fingerprint density at radius 3 is 2.41 bits per heavy atom. The standard InChI is InChI=1S/C16H23N3O3/c1-6-7-18-10(2)8-12(11(18)3)13(20)9-19-14(21)16(4,5)17-15(19)22/h8H,6-7,9H2,1-5H3,(H,17,22). The summed E-state index contributed by atoms with van der Waals surface area (Å²) in [4.78, 5) is 37.5. The summed E-state index contributed by atoms with van der Waals surface area (Å²) in [5, 5.41) is 2.58. The number of rotatable bonds is 5. The van der Waals surface area contributed by atoms with Crippen molar-refractivity contribution >= 4 is 17.7 Å². The third kappa shape index (κ3) is 2.65. The Kier molecular flexibility index (Phi) is 4.13. The van der Waals surface area contributed by atoms with Crippen LogP contribution in [-0.4, -0.2) is 39.3 Å². The molecule has 0 radical (unpaired) electrons. The SMILES string of the molecule is CCCn1c(C)cc(C(=O)CN2C(=O)NC(C)(C)C2=O)c1C. The first-order valence-corrected chi connectivity index (χ1v) is 7.53. The van der Waals surface area contributed by atoms with Crippen molar-refractivity contribution in [2.24, 2.45) is 0 Å². The van der Waals surface area contributed by atoms with E-state index in [1.165, 1.54) is 0 Å². The van der Waals surface area contributed by atoms with Gasteiger partial charge in [-0.1, -0.05) is 6.92 Å². The number of ketones is 1. The molecule has 1 aromatic heterocycles. The van der Waals surface area contributed by atoms with Crippen LogP contribution in [0.3, 0.4) is 0 Å². The summed E-state index contributed by atoms with van der Waals surface area (Å²) >= 11 is 0. The summed E-state index contributed by atoms with van der Waals surface area (Å²) in [6, 6.07) is 1.32. The monoisotopic (exact) mass is 305 g/mol. The number of amides is 3. The van der Waals surface area contributed by atoms with E-state index < -0.39 is 11.6 Å². The van der Waals surface area contributed by atoms with Crippen LogP contribution >= 0.6 is 0 Å². The molecule has 1 fully saturated rings. The first kappa shape index (κ1) is 16.3. The first-order valence-electron chi connectivity index (χ1n) is 7.53. The van der Waals surface area contributed by atoms with Gasteiger partial charge in [-0.05, 0) is 40.2 Å². The predicted molar refractivity (Wildman–Crippen MR) is 82.9 cm³/mol. The van der Waals surface area contributed by atoms with Gasteiger partial charge in [0.1, 0.15) is 5.54 Å². The molecule has 1 aromatic rings. The maximum Gasteiger partial charge on any atom is 0.325 e. The molecule has 1 aliphatic heterocycles. The Labute approximate surface area is 130 Å². The number of hydrogen-bond donors (Lipinski definition) is 1. The molecule has 1 N–H and O–H groups in total. The molecule has 0 unspecified atom stereocenters. The number of hydrogen-bond acceptors (Lipinski definition) is 3. The first-order chi connectivity index (χ1) is 10.2. The van der Waals surface area contributed by atoms with Crippen LogP contribution in [0.4, 0.5) is 4.79 Å². The minimum absolute atomic E-state index is 0.211. The van der Waals surface area contributed by atoms with Gasteiger partial charge in [-0.2, -0.15) is 0 Å². The van der Waals surface area contributed by atoms with Gasteiger partial charge in [0.2, 0.25) is 0 Å². The predicted octanol–water partition coefficient (Wildman–Crippen LogP) is 2.03. The fraction of sp³-hybridized carbons (Fsp3) is 0.562. The lowest BCUT2D eigenvalue weighted by Gasteiger charge is -2.15. The van der Waals surface area contributed by atoms with Crippen LogP contribution in [0.1, 0.15) is 48.9 Å². The van der Waals surface area contributed by atoms with E-state index in [0.717, 1.165) is 29.3 Å². The Balaban J connectivity index is 2.22. The van der Waals surface area contributed by atoms with Crippen LogP contribution in [0, 0.1) is 13.8 Å². The Morgan fingerprint density at radius 1 is 1.27 bits per heavy atom.